The Hall–Kier alpha value is -1.42. The maximum absolute atomic E-state index is 12.3. The third kappa shape index (κ3) is 3.53. The molecule has 0 aliphatic carbocycles. The Balaban J connectivity index is 1.91. The Bertz CT molecular complexity index is 407. The molecule has 1 aliphatic heterocycles. The lowest BCUT2D eigenvalue weighted by atomic mass is 9.90. The highest BCUT2D eigenvalue weighted by Gasteiger charge is 2.30. The zero-order valence-corrected chi connectivity index (χ0v) is 11.6. The summed E-state index contributed by atoms with van der Waals surface area (Å²) in [6, 6.07) is 6.03. The fraction of sp³-hybridized carbons (Fsp3) is 0.600. The molecule has 0 spiro atoms. The van der Waals surface area contributed by atoms with E-state index in [1.54, 1.807) is 6.20 Å². The fourth-order valence-electron chi connectivity index (χ4n) is 2.84. The van der Waals surface area contributed by atoms with Gasteiger partial charge in [0.2, 0.25) is 5.91 Å². The Morgan fingerprint density at radius 2 is 2.37 bits per heavy atom. The zero-order valence-electron chi connectivity index (χ0n) is 11.6. The number of piperidine rings is 1. The van der Waals surface area contributed by atoms with Crippen molar-refractivity contribution in [1.82, 2.24) is 9.88 Å². The Kier molecular flexibility index (Phi) is 4.91. The van der Waals surface area contributed by atoms with Crippen molar-refractivity contribution in [2.24, 2.45) is 11.7 Å². The molecule has 1 aromatic rings. The second kappa shape index (κ2) is 6.66. The van der Waals surface area contributed by atoms with Gasteiger partial charge in [0.25, 0.3) is 0 Å². The minimum atomic E-state index is 0.213. The van der Waals surface area contributed by atoms with Gasteiger partial charge in [0.05, 0.1) is 0 Å². The molecule has 1 aliphatic rings. The Morgan fingerprint density at radius 1 is 1.53 bits per heavy atom. The van der Waals surface area contributed by atoms with Crippen molar-refractivity contribution in [2.45, 2.75) is 38.6 Å². The molecule has 0 bridgehead atoms. The van der Waals surface area contributed by atoms with Crippen LogP contribution in [0.1, 0.15) is 31.9 Å². The summed E-state index contributed by atoms with van der Waals surface area (Å²) >= 11 is 0. The molecule has 4 heteroatoms. The van der Waals surface area contributed by atoms with Crippen molar-refractivity contribution in [2.75, 3.05) is 13.1 Å². The predicted molar refractivity (Wildman–Crippen MR) is 75.5 cm³/mol. The van der Waals surface area contributed by atoms with Crippen LogP contribution in [-0.4, -0.2) is 34.9 Å². The highest BCUT2D eigenvalue weighted by atomic mass is 16.2. The number of rotatable bonds is 4. The summed E-state index contributed by atoms with van der Waals surface area (Å²) in [4.78, 5) is 18.6. The monoisotopic (exact) mass is 261 g/mol. The van der Waals surface area contributed by atoms with Crippen molar-refractivity contribution in [3.8, 4) is 0 Å². The molecule has 2 rings (SSSR count). The molecule has 1 aromatic heterocycles. The van der Waals surface area contributed by atoms with E-state index in [9.17, 15) is 4.79 Å². The van der Waals surface area contributed by atoms with Crippen molar-refractivity contribution >= 4 is 5.91 Å². The van der Waals surface area contributed by atoms with E-state index in [4.69, 9.17) is 5.73 Å². The number of carbonyl (C=O) groups is 1. The fourth-order valence-corrected chi connectivity index (χ4v) is 2.84. The molecule has 1 saturated heterocycles. The molecule has 0 radical (unpaired) electrons. The average Bonchev–Trinajstić information content (AvgIpc) is 2.45. The predicted octanol–water partition coefficient (Wildman–Crippen LogP) is 1.60. The van der Waals surface area contributed by atoms with Gasteiger partial charge < -0.3 is 10.6 Å². The number of aromatic nitrogens is 1. The van der Waals surface area contributed by atoms with Crippen molar-refractivity contribution < 1.29 is 4.79 Å². The number of hydrogen-bond donors (Lipinski definition) is 1. The lowest BCUT2D eigenvalue weighted by molar-refractivity contribution is -0.136. The molecule has 0 saturated carbocycles. The largest absolute Gasteiger partial charge is 0.338 e. The maximum Gasteiger partial charge on any atom is 0.223 e. The normalized spacial score (nSPS) is 23.4. The highest BCUT2D eigenvalue weighted by Crippen LogP contribution is 2.23. The third-order valence-corrected chi connectivity index (χ3v) is 4.00. The molecule has 104 valence electrons. The van der Waals surface area contributed by atoms with E-state index in [2.05, 4.69) is 11.9 Å². The molecule has 2 unspecified atom stereocenters. The first-order valence-electron chi connectivity index (χ1n) is 7.12. The highest BCUT2D eigenvalue weighted by molar-refractivity contribution is 5.77. The minimum absolute atomic E-state index is 0.213. The van der Waals surface area contributed by atoms with Gasteiger partial charge in [-0.2, -0.15) is 0 Å². The third-order valence-electron chi connectivity index (χ3n) is 4.00. The number of amides is 1. The zero-order chi connectivity index (χ0) is 13.7. The molecule has 19 heavy (non-hydrogen) atoms. The van der Waals surface area contributed by atoms with Crippen molar-refractivity contribution in [3.05, 3.63) is 30.1 Å². The van der Waals surface area contributed by atoms with Gasteiger partial charge in [0.15, 0.2) is 0 Å². The summed E-state index contributed by atoms with van der Waals surface area (Å²) in [7, 11) is 0. The van der Waals surface area contributed by atoms with E-state index in [0.29, 0.717) is 25.3 Å². The van der Waals surface area contributed by atoms with E-state index in [1.165, 1.54) is 6.42 Å². The lowest BCUT2D eigenvalue weighted by Gasteiger charge is -2.39. The van der Waals surface area contributed by atoms with Gasteiger partial charge in [-0.1, -0.05) is 13.0 Å². The smallest absolute Gasteiger partial charge is 0.223 e. The number of aryl methyl sites for hydroxylation is 1. The van der Waals surface area contributed by atoms with Crippen LogP contribution in [0.4, 0.5) is 0 Å². The van der Waals surface area contributed by atoms with Crippen LogP contribution >= 0.6 is 0 Å². The van der Waals surface area contributed by atoms with E-state index >= 15 is 0 Å². The van der Waals surface area contributed by atoms with Crippen molar-refractivity contribution in [1.29, 1.82) is 0 Å². The minimum Gasteiger partial charge on any atom is -0.338 e. The summed E-state index contributed by atoms with van der Waals surface area (Å²) < 4.78 is 0. The SMILES string of the molecule is CC1CCCN(C(=O)CCc2ccccn2)C1CN. The summed E-state index contributed by atoms with van der Waals surface area (Å²) in [5.41, 5.74) is 6.80. The number of nitrogens with two attached hydrogens (primary N) is 1. The lowest BCUT2D eigenvalue weighted by Crippen LogP contribution is -2.51. The van der Waals surface area contributed by atoms with E-state index < -0.39 is 0 Å². The van der Waals surface area contributed by atoms with Crippen molar-refractivity contribution in [3.63, 3.8) is 0 Å². The van der Waals surface area contributed by atoms with Crippen LogP contribution in [0, 0.1) is 5.92 Å². The number of hydrogen-bond acceptors (Lipinski definition) is 3. The molecular weight excluding hydrogens is 238 g/mol. The molecule has 2 atom stereocenters. The van der Waals surface area contributed by atoms with Gasteiger partial charge in [-0.3, -0.25) is 9.78 Å². The van der Waals surface area contributed by atoms with E-state index in [1.807, 2.05) is 23.1 Å². The molecule has 0 aromatic carbocycles. The molecule has 1 fully saturated rings. The van der Waals surface area contributed by atoms with Crippen LogP contribution in [0.15, 0.2) is 24.4 Å². The van der Waals surface area contributed by atoms with E-state index in [-0.39, 0.29) is 11.9 Å². The van der Waals surface area contributed by atoms with Crippen LogP contribution in [0.3, 0.4) is 0 Å². The van der Waals surface area contributed by atoms with Gasteiger partial charge in [-0.25, -0.2) is 0 Å². The molecule has 2 N–H and O–H groups in total. The maximum atomic E-state index is 12.3. The second-order valence-corrected chi connectivity index (χ2v) is 5.33. The van der Waals surface area contributed by atoms with Gasteiger partial charge in [0, 0.05) is 37.4 Å². The van der Waals surface area contributed by atoms with Crippen LogP contribution in [0.2, 0.25) is 0 Å². The summed E-state index contributed by atoms with van der Waals surface area (Å²) in [5, 5.41) is 0. The molecule has 1 amide bonds. The summed E-state index contributed by atoms with van der Waals surface area (Å²) in [5.74, 6) is 0.727. The van der Waals surface area contributed by atoms with E-state index in [0.717, 1.165) is 18.7 Å². The van der Waals surface area contributed by atoms with Crippen LogP contribution in [0.25, 0.3) is 0 Å². The molecular formula is C15H23N3O. The van der Waals surface area contributed by atoms with Gasteiger partial charge in [0.1, 0.15) is 0 Å². The first-order valence-corrected chi connectivity index (χ1v) is 7.12. The number of likely N-dealkylation sites (tertiary alicyclic amines) is 1. The topological polar surface area (TPSA) is 59.2 Å². The summed E-state index contributed by atoms with van der Waals surface area (Å²) in [6.07, 6.45) is 5.27. The standard InChI is InChI=1S/C15H23N3O/c1-12-5-4-10-18(14(12)11-16)15(19)8-7-13-6-2-3-9-17-13/h2-3,6,9,12,14H,4-5,7-8,10-11,16H2,1H3. The van der Waals surface area contributed by atoms with Crippen LogP contribution < -0.4 is 5.73 Å². The van der Waals surface area contributed by atoms with Gasteiger partial charge in [-0.05, 0) is 37.3 Å². The summed E-state index contributed by atoms with van der Waals surface area (Å²) in [6.45, 7) is 3.61. The van der Waals surface area contributed by atoms with Gasteiger partial charge in [-0.15, -0.1) is 0 Å². The Morgan fingerprint density at radius 3 is 3.05 bits per heavy atom. The van der Waals surface area contributed by atoms with Crippen LogP contribution in [-0.2, 0) is 11.2 Å². The van der Waals surface area contributed by atoms with Gasteiger partial charge >= 0.3 is 0 Å². The molecule has 2 heterocycles. The quantitative estimate of drug-likeness (QED) is 0.895. The number of nitrogens with zero attached hydrogens (tertiary/aromatic N) is 2. The Labute approximate surface area is 115 Å². The first-order chi connectivity index (χ1) is 9.22. The van der Waals surface area contributed by atoms with Crippen LogP contribution in [0.5, 0.6) is 0 Å². The second-order valence-electron chi connectivity index (χ2n) is 5.33. The number of carbonyl (C=O) groups excluding carboxylic acids is 1. The average molecular weight is 261 g/mol. The molecule has 4 nitrogen and oxygen atoms in total. The number of pyridine rings is 1. The first kappa shape index (κ1) is 14.0.